The maximum Gasteiger partial charge on any atom is 0.216 e. The Kier molecular flexibility index (Phi) is 3.95. The van der Waals surface area contributed by atoms with Gasteiger partial charge in [0.15, 0.2) is 0 Å². The summed E-state index contributed by atoms with van der Waals surface area (Å²) in [5.41, 5.74) is 7.29. The fourth-order valence-electron chi connectivity index (χ4n) is 1.61. The molecule has 0 bridgehead atoms. The third-order valence-electron chi connectivity index (χ3n) is 2.17. The molecule has 0 aliphatic rings. The molecule has 1 aromatic rings. The normalized spacial score (nSPS) is 12.9. The van der Waals surface area contributed by atoms with Crippen molar-refractivity contribution in [2.24, 2.45) is 5.92 Å². The van der Waals surface area contributed by atoms with Gasteiger partial charge in [-0.3, -0.25) is 0 Å². The number of rotatable bonds is 4. The zero-order valence-corrected chi connectivity index (χ0v) is 9.95. The Bertz CT molecular complexity index is 323. The molecule has 0 saturated heterocycles. The molecule has 0 radical (unpaired) electrons. The minimum atomic E-state index is 0.194. The summed E-state index contributed by atoms with van der Waals surface area (Å²) in [6, 6.07) is 1.88. The van der Waals surface area contributed by atoms with Gasteiger partial charge in [0.1, 0.15) is 0 Å². The molecular formula is C12H20N2O. The molecule has 0 aromatic carbocycles. The Morgan fingerprint density at radius 3 is 2.60 bits per heavy atom. The van der Waals surface area contributed by atoms with Crippen LogP contribution in [0.5, 0.6) is 5.88 Å². The summed E-state index contributed by atoms with van der Waals surface area (Å²) in [5, 5.41) is 0. The quantitative estimate of drug-likeness (QED) is 0.827. The van der Waals surface area contributed by atoms with Gasteiger partial charge in [-0.25, -0.2) is 4.98 Å². The average molecular weight is 208 g/mol. The Hall–Kier alpha value is -1.25. The molecule has 84 valence electrons. The van der Waals surface area contributed by atoms with Gasteiger partial charge >= 0.3 is 0 Å². The summed E-state index contributed by atoms with van der Waals surface area (Å²) >= 11 is 0. The number of hydrogen-bond donors (Lipinski definition) is 1. The summed E-state index contributed by atoms with van der Waals surface area (Å²) in [6.07, 6.45) is 2.86. The van der Waals surface area contributed by atoms with Crippen molar-refractivity contribution < 1.29 is 4.74 Å². The van der Waals surface area contributed by atoms with Gasteiger partial charge in [0.2, 0.25) is 5.88 Å². The Morgan fingerprint density at radius 2 is 2.07 bits per heavy atom. The predicted octanol–water partition coefficient (Wildman–Crippen LogP) is 2.79. The standard InChI is InChI=1S/C12H20N2O/c1-8(2)5-10(4)15-12-9(3)6-11(13)7-14-12/h6-8,10H,5,13H2,1-4H3. The van der Waals surface area contributed by atoms with Crippen LogP contribution in [-0.2, 0) is 0 Å². The van der Waals surface area contributed by atoms with E-state index in [0.717, 1.165) is 12.0 Å². The predicted molar refractivity (Wildman–Crippen MR) is 62.9 cm³/mol. The summed E-state index contributed by atoms with van der Waals surface area (Å²) in [4.78, 5) is 4.18. The number of aromatic nitrogens is 1. The van der Waals surface area contributed by atoms with Crippen molar-refractivity contribution in [3.05, 3.63) is 17.8 Å². The number of aryl methyl sites for hydroxylation is 1. The van der Waals surface area contributed by atoms with Gasteiger partial charge < -0.3 is 10.5 Å². The molecule has 0 aliphatic carbocycles. The second-order valence-corrected chi connectivity index (χ2v) is 4.45. The molecule has 1 heterocycles. The van der Waals surface area contributed by atoms with Crippen molar-refractivity contribution in [2.75, 3.05) is 5.73 Å². The number of ether oxygens (including phenoxy) is 1. The first-order chi connectivity index (χ1) is 6.99. The van der Waals surface area contributed by atoms with Crippen LogP contribution in [0.15, 0.2) is 12.3 Å². The first-order valence-electron chi connectivity index (χ1n) is 5.37. The third kappa shape index (κ3) is 3.78. The lowest BCUT2D eigenvalue weighted by molar-refractivity contribution is 0.184. The highest BCUT2D eigenvalue weighted by atomic mass is 16.5. The number of anilines is 1. The minimum Gasteiger partial charge on any atom is -0.474 e. The smallest absolute Gasteiger partial charge is 0.216 e. The SMILES string of the molecule is Cc1cc(N)cnc1OC(C)CC(C)C. The lowest BCUT2D eigenvalue weighted by atomic mass is 10.1. The van der Waals surface area contributed by atoms with Crippen LogP contribution in [-0.4, -0.2) is 11.1 Å². The van der Waals surface area contributed by atoms with Crippen LogP contribution in [0.4, 0.5) is 5.69 Å². The maximum absolute atomic E-state index is 5.74. The summed E-state index contributed by atoms with van der Waals surface area (Å²) in [6.45, 7) is 8.39. The largest absolute Gasteiger partial charge is 0.474 e. The maximum atomic E-state index is 5.74. The number of hydrogen-bond acceptors (Lipinski definition) is 3. The molecule has 1 rings (SSSR count). The molecule has 1 unspecified atom stereocenters. The van der Waals surface area contributed by atoms with E-state index < -0.39 is 0 Å². The molecule has 3 heteroatoms. The van der Waals surface area contributed by atoms with Crippen LogP contribution < -0.4 is 10.5 Å². The third-order valence-corrected chi connectivity index (χ3v) is 2.17. The van der Waals surface area contributed by atoms with Crippen molar-refractivity contribution in [2.45, 2.75) is 40.2 Å². The van der Waals surface area contributed by atoms with Gasteiger partial charge in [-0.2, -0.15) is 0 Å². The Morgan fingerprint density at radius 1 is 1.40 bits per heavy atom. The lowest BCUT2D eigenvalue weighted by Crippen LogP contribution is -2.15. The minimum absolute atomic E-state index is 0.194. The van der Waals surface area contributed by atoms with Crippen LogP contribution in [0.3, 0.4) is 0 Å². The van der Waals surface area contributed by atoms with Gasteiger partial charge in [-0.1, -0.05) is 13.8 Å². The van der Waals surface area contributed by atoms with Crippen molar-refractivity contribution in [1.82, 2.24) is 4.98 Å². The van der Waals surface area contributed by atoms with Crippen LogP contribution >= 0.6 is 0 Å². The average Bonchev–Trinajstić information content (AvgIpc) is 2.08. The summed E-state index contributed by atoms with van der Waals surface area (Å²) in [5.74, 6) is 1.33. The van der Waals surface area contributed by atoms with Gasteiger partial charge in [-0.05, 0) is 32.3 Å². The zero-order valence-electron chi connectivity index (χ0n) is 9.95. The van der Waals surface area contributed by atoms with E-state index in [4.69, 9.17) is 10.5 Å². The van der Waals surface area contributed by atoms with E-state index in [0.29, 0.717) is 17.5 Å². The van der Waals surface area contributed by atoms with Gasteiger partial charge in [-0.15, -0.1) is 0 Å². The highest BCUT2D eigenvalue weighted by Gasteiger charge is 2.09. The fraction of sp³-hybridized carbons (Fsp3) is 0.583. The molecule has 0 saturated carbocycles. The summed E-state index contributed by atoms with van der Waals surface area (Å²) in [7, 11) is 0. The van der Waals surface area contributed by atoms with Crippen LogP contribution in [0.25, 0.3) is 0 Å². The van der Waals surface area contributed by atoms with Gasteiger partial charge in [0.05, 0.1) is 18.0 Å². The van der Waals surface area contributed by atoms with Crippen LogP contribution in [0, 0.1) is 12.8 Å². The van der Waals surface area contributed by atoms with Gasteiger partial charge in [0.25, 0.3) is 0 Å². The highest BCUT2D eigenvalue weighted by Crippen LogP contribution is 2.19. The van der Waals surface area contributed by atoms with E-state index >= 15 is 0 Å². The van der Waals surface area contributed by atoms with Gasteiger partial charge in [0, 0.05) is 5.56 Å². The summed E-state index contributed by atoms with van der Waals surface area (Å²) < 4.78 is 5.74. The Balaban J connectivity index is 2.64. The second kappa shape index (κ2) is 5.01. The van der Waals surface area contributed by atoms with E-state index in [-0.39, 0.29) is 6.10 Å². The first kappa shape index (κ1) is 11.8. The number of nitrogens with zero attached hydrogens (tertiary/aromatic N) is 1. The zero-order chi connectivity index (χ0) is 11.4. The van der Waals surface area contributed by atoms with Crippen molar-refractivity contribution in [3.8, 4) is 5.88 Å². The molecule has 3 nitrogen and oxygen atoms in total. The molecule has 0 spiro atoms. The van der Waals surface area contributed by atoms with E-state index in [1.165, 1.54) is 0 Å². The topological polar surface area (TPSA) is 48.1 Å². The molecular weight excluding hydrogens is 188 g/mol. The van der Waals surface area contributed by atoms with E-state index in [9.17, 15) is 0 Å². The first-order valence-corrected chi connectivity index (χ1v) is 5.37. The molecule has 15 heavy (non-hydrogen) atoms. The molecule has 0 amide bonds. The van der Waals surface area contributed by atoms with Crippen LogP contribution in [0.2, 0.25) is 0 Å². The molecule has 0 aliphatic heterocycles. The molecule has 0 fully saturated rings. The fourth-order valence-corrected chi connectivity index (χ4v) is 1.61. The second-order valence-electron chi connectivity index (χ2n) is 4.45. The number of nitrogen functional groups attached to an aromatic ring is 1. The van der Waals surface area contributed by atoms with E-state index in [1.807, 2.05) is 13.0 Å². The van der Waals surface area contributed by atoms with Crippen molar-refractivity contribution in [3.63, 3.8) is 0 Å². The highest BCUT2D eigenvalue weighted by molar-refractivity contribution is 5.41. The Labute approximate surface area is 91.7 Å². The van der Waals surface area contributed by atoms with E-state index in [1.54, 1.807) is 6.20 Å². The van der Waals surface area contributed by atoms with E-state index in [2.05, 4.69) is 25.8 Å². The molecule has 1 atom stereocenters. The number of pyridine rings is 1. The van der Waals surface area contributed by atoms with Crippen molar-refractivity contribution >= 4 is 5.69 Å². The number of nitrogens with two attached hydrogens (primary N) is 1. The lowest BCUT2D eigenvalue weighted by Gasteiger charge is -2.17. The molecule has 1 aromatic heterocycles. The molecule has 2 N–H and O–H groups in total. The van der Waals surface area contributed by atoms with Crippen LogP contribution in [0.1, 0.15) is 32.8 Å². The van der Waals surface area contributed by atoms with Crippen molar-refractivity contribution in [1.29, 1.82) is 0 Å². The monoisotopic (exact) mass is 208 g/mol.